The third-order valence-corrected chi connectivity index (χ3v) is 3.09. The lowest BCUT2D eigenvalue weighted by Crippen LogP contribution is -2.44. The monoisotopic (exact) mass is 258 g/mol. The second-order valence-corrected chi connectivity index (χ2v) is 5.35. The van der Waals surface area contributed by atoms with Crippen LogP contribution in [-0.4, -0.2) is 35.3 Å². The fourth-order valence-corrected chi connectivity index (χ4v) is 1.80. The molecule has 0 aromatic carbocycles. The van der Waals surface area contributed by atoms with Gasteiger partial charge >= 0.3 is 0 Å². The molecule has 1 rings (SSSR count). The first-order chi connectivity index (χ1) is 7.43. The summed E-state index contributed by atoms with van der Waals surface area (Å²) in [4.78, 5) is 0. The number of rotatable bonds is 4. The van der Waals surface area contributed by atoms with Crippen LogP contribution in [0, 0.1) is 5.92 Å². The normalized spacial score (nSPS) is 27.5. The van der Waals surface area contributed by atoms with Gasteiger partial charge in [-0.1, -0.05) is 0 Å². The van der Waals surface area contributed by atoms with Crippen LogP contribution in [0.4, 0.5) is 17.6 Å². The predicted octanol–water partition coefficient (Wildman–Crippen LogP) is 2.84. The van der Waals surface area contributed by atoms with Gasteiger partial charge < -0.3 is 9.84 Å². The molecule has 0 saturated carbocycles. The van der Waals surface area contributed by atoms with E-state index in [0.29, 0.717) is 6.92 Å². The molecule has 102 valence electrons. The molecule has 0 bridgehead atoms. The predicted molar refractivity (Wildman–Crippen MR) is 54.3 cm³/mol. The molecule has 6 heteroatoms. The third-order valence-electron chi connectivity index (χ3n) is 3.09. The second kappa shape index (κ2) is 4.39. The van der Waals surface area contributed by atoms with Crippen molar-refractivity contribution in [3.8, 4) is 0 Å². The number of aliphatic hydroxyl groups is 1. The van der Waals surface area contributed by atoms with Crippen LogP contribution in [0.5, 0.6) is 0 Å². The van der Waals surface area contributed by atoms with Crippen molar-refractivity contribution >= 4 is 0 Å². The summed E-state index contributed by atoms with van der Waals surface area (Å²) < 4.78 is 57.7. The number of halogens is 4. The Hall–Kier alpha value is -0.360. The summed E-state index contributed by atoms with van der Waals surface area (Å²) in [5.41, 5.74) is -2.15. The van der Waals surface area contributed by atoms with Gasteiger partial charge in [0, 0.05) is 13.3 Å². The Kier molecular flexibility index (Phi) is 3.79. The number of hydrogen-bond donors (Lipinski definition) is 1. The molecule has 1 fully saturated rings. The Morgan fingerprint density at radius 2 is 1.71 bits per heavy atom. The van der Waals surface area contributed by atoms with E-state index in [0.717, 1.165) is 13.8 Å². The summed E-state index contributed by atoms with van der Waals surface area (Å²) in [6.45, 7) is 2.62. The first-order valence-electron chi connectivity index (χ1n) is 5.53. The molecule has 0 aliphatic carbocycles. The molecule has 0 amide bonds. The zero-order valence-corrected chi connectivity index (χ0v) is 10.1. The lowest BCUT2D eigenvalue weighted by molar-refractivity contribution is -0.172. The van der Waals surface area contributed by atoms with Crippen molar-refractivity contribution in [2.75, 3.05) is 6.61 Å². The van der Waals surface area contributed by atoms with Crippen LogP contribution in [0.15, 0.2) is 0 Å². The van der Waals surface area contributed by atoms with Gasteiger partial charge in [0.1, 0.15) is 11.7 Å². The van der Waals surface area contributed by atoms with E-state index in [9.17, 15) is 22.7 Å². The lowest BCUT2D eigenvalue weighted by atomic mass is 9.89. The largest absolute Gasteiger partial charge is 0.384 e. The van der Waals surface area contributed by atoms with E-state index >= 15 is 0 Å². The standard InChI is InChI=1S/C11H18F4O2/c1-9(2,16)11(14,15)5-7-4-8(17-6-7)10(3,12)13/h7-8,16H,4-6H2,1-3H3. The van der Waals surface area contributed by atoms with Gasteiger partial charge in [-0.25, -0.2) is 17.6 Å². The second-order valence-electron chi connectivity index (χ2n) is 5.35. The van der Waals surface area contributed by atoms with E-state index < -0.39 is 35.9 Å². The minimum Gasteiger partial charge on any atom is -0.384 e. The van der Waals surface area contributed by atoms with Crippen molar-refractivity contribution in [3.63, 3.8) is 0 Å². The van der Waals surface area contributed by atoms with Gasteiger partial charge in [-0.2, -0.15) is 0 Å². The first-order valence-corrected chi connectivity index (χ1v) is 5.53. The van der Waals surface area contributed by atoms with Crippen LogP contribution in [0.25, 0.3) is 0 Å². The van der Waals surface area contributed by atoms with E-state index in [4.69, 9.17) is 4.74 Å². The van der Waals surface area contributed by atoms with Gasteiger partial charge in [-0.15, -0.1) is 0 Å². The van der Waals surface area contributed by atoms with Crippen molar-refractivity contribution < 1.29 is 27.4 Å². The smallest absolute Gasteiger partial charge is 0.275 e. The van der Waals surface area contributed by atoms with Crippen LogP contribution in [0.3, 0.4) is 0 Å². The fourth-order valence-electron chi connectivity index (χ4n) is 1.80. The quantitative estimate of drug-likeness (QED) is 0.786. The molecular formula is C11H18F4O2. The fraction of sp³-hybridized carbons (Fsp3) is 1.00. The van der Waals surface area contributed by atoms with E-state index in [2.05, 4.69) is 0 Å². The summed E-state index contributed by atoms with van der Waals surface area (Å²) in [7, 11) is 0. The Labute approximate surface area is 98.0 Å². The van der Waals surface area contributed by atoms with Crippen LogP contribution in [-0.2, 0) is 4.74 Å². The topological polar surface area (TPSA) is 29.5 Å². The Balaban J connectivity index is 2.57. The molecule has 1 aliphatic rings. The molecule has 2 nitrogen and oxygen atoms in total. The number of ether oxygens (including phenoxy) is 1. The van der Waals surface area contributed by atoms with E-state index in [-0.39, 0.29) is 13.0 Å². The lowest BCUT2D eigenvalue weighted by Gasteiger charge is -2.30. The van der Waals surface area contributed by atoms with E-state index in [1.807, 2.05) is 0 Å². The highest BCUT2D eigenvalue weighted by Gasteiger charge is 2.50. The highest BCUT2D eigenvalue weighted by atomic mass is 19.3. The first kappa shape index (κ1) is 14.7. The van der Waals surface area contributed by atoms with Crippen molar-refractivity contribution in [1.29, 1.82) is 0 Å². The maximum atomic E-state index is 13.5. The molecule has 0 aromatic heterocycles. The maximum absolute atomic E-state index is 13.5. The van der Waals surface area contributed by atoms with Gasteiger partial charge in [0.25, 0.3) is 11.8 Å². The Bertz CT molecular complexity index is 268. The van der Waals surface area contributed by atoms with E-state index in [1.54, 1.807) is 0 Å². The van der Waals surface area contributed by atoms with Gasteiger partial charge in [0.2, 0.25) is 0 Å². The van der Waals surface area contributed by atoms with Gasteiger partial charge in [-0.3, -0.25) is 0 Å². The third kappa shape index (κ3) is 3.55. The molecule has 1 N–H and O–H groups in total. The molecule has 0 aromatic rings. The van der Waals surface area contributed by atoms with Gasteiger partial charge in [0.05, 0.1) is 6.61 Å². The summed E-state index contributed by atoms with van der Waals surface area (Å²) in [6.07, 6.45) is -2.04. The minimum absolute atomic E-state index is 0.102. The maximum Gasteiger partial charge on any atom is 0.275 e. The van der Waals surface area contributed by atoms with Crippen LogP contribution < -0.4 is 0 Å². The Morgan fingerprint density at radius 1 is 1.18 bits per heavy atom. The summed E-state index contributed by atoms with van der Waals surface area (Å²) in [5.74, 6) is -6.97. The summed E-state index contributed by atoms with van der Waals surface area (Å²) in [5, 5.41) is 9.29. The average molecular weight is 258 g/mol. The van der Waals surface area contributed by atoms with Crippen molar-refractivity contribution in [2.45, 2.75) is 57.2 Å². The van der Waals surface area contributed by atoms with Crippen LogP contribution >= 0.6 is 0 Å². The van der Waals surface area contributed by atoms with Crippen molar-refractivity contribution in [2.24, 2.45) is 5.92 Å². The molecule has 1 aliphatic heterocycles. The molecular weight excluding hydrogens is 240 g/mol. The average Bonchev–Trinajstić information content (AvgIpc) is 2.48. The van der Waals surface area contributed by atoms with Gasteiger partial charge in [0.15, 0.2) is 0 Å². The van der Waals surface area contributed by atoms with Crippen molar-refractivity contribution in [1.82, 2.24) is 0 Å². The summed E-state index contributed by atoms with van der Waals surface area (Å²) in [6, 6.07) is 0. The zero-order chi connectivity index (χ0) is 13.5. The SMILES string of the molecule is CC(F)(F)C1CC(CC(F)(F)C(C)(C)O)CO1. The molecule has 1 saturated heterocycles. The van der Waals surface area contributed by atoms with Crippen LogP contribution in [0.1, 0.15) is 33.6 Å². The molecule has 1 heterocycles. The van der Waals surface area contributed by atoms with Crippen LogP contribution in [0.2, 0.25) is 0 Å². The molecule has 0 spiro atoms. The highest BCUT2D eigenvalue weighted by molar-refractivity contribution is 4.90. The van der Waals surface area contributed by atoms with Gasteiger partial charge in [-0.05, 0) is 26.2 Å². The highest BCUT2D eigenvalue weighted by Crippen LogP contribution is 2.40. The minimum atomic E-state index is -3.31. The van der Waals surface area contributed by atoms with Crippen molar-refractivity contribution in [3.05, 3.63) is 0 Å². The number of hydrogen-bond acceptors (Lipinski definition) is 2. The molecule has 0 radical (unpaired) electrons. The Morgan fingerprint density at radius 3 is 2.06 bits per heavy atom. The molecule has 2 atom stereocenters. The van der Waals surface area contributed by atoms with E-state index in [1.165, 1.54) is 0 Å². The molecule has 17 heavy (non-hydrogen) atoms. The molecule has 2 unspecified atom stereocenters. The summed E-state index contributed by atoms with van der Waals surface area (Å²) >= 11 is 0. The zero-order valence-electron chi connectivity index (χ0n) is 10.1. The number of alkyl halides is 4.